The number of carboxylic acid groups (broad SMARTS) is 1. The number of aliphatic carboxylic acids is 1. The number of carbonyl (C=O) groups excluding carboxylic acids is 3. The van der Waals surface area contributed by atoms with Gasteiger partial charge in [-0.25, -0.2) is 0 Å². The zero-order valence-electron chi connectivity index (χ0n) is 11.3. The van der Waals surface area contributed by atoms with Crippen molar-refractivity contribution < 1.29 is 24.3 Å². The number of rotatable bonds is 4. The molecule has 1 aliphatic rings. The molecular formula is C14H14N2O5. The maximum Gasteiger partial charge on any atom is 0.320 e. The van der Waals surface area contributed by atoms with E-state index in [-0.39, 0.29) is 30.1 Å². The van der Waals surface area contributed by atoms with E-state index < -0.39 is 23.7 Å². The van der Waals surface area contributed by atoms with Crippen molar-refractivity contribution in [2.45, 2.75) is 12.8 Å². The molecule has 110 valence electrons. The van der Waals surface area contributed by atoms with Gasteiger partial charge >= 0.3 is 5.97 Å². The van der Waals surface area contributed by atoms with Gasteiger partial charge in [-0.3, -0.25) is 24.1 Å². The molecule has 0 aliphatic carbocycles. The van der Waals surface area contributed by atoms with E-state index in [9.17, 15) is 24.3 Å². The second-order valence-electron chi connectivity index (χ2n) is 4.64. The first-order valence-electron chi connectivity index (χ1n) is 6.35. The van der Waals surface area contributed by atoms with Crippen LogP contribution in [0.5, 0.6) is 0 Å². The normalized spacial score (nSPS) is 17.4. The van der Waals surface area contributed by atoms with Crippen LogP contribution in [0.4, 0.5) is 0 Å². The zero-order chi connectivity index (χ0) is 15.6. The van der Waals surface area contributed by atoms with E-state index >= 15 is 0 Å². The zero-order valence-corrected chi connectivity index (χ0v) is 11.3. The number of nitrogens with one attached hydrogen (secondary N) is 1. The maximum atomic E-state index is 12.3. The summed E-state index contributed by atoms with van der Waals surface area (Å²) in [4.78, 5) is 47.5. The topological polar surface area (TPSA) is 104 Å². The summed E-state index contributed by atoms with van der Waals surface area (Å²) in [7, 11) is 0. The predicted octanol–water partition coefficient (Wildman–Crippen LogP) is -0.0267. The lowest BCUT2D eigenvalue weighted by Crippen LogP contribution is -2.49. The van der Waals surface area contributed by atoms with Crippen molar-refractivity contribution in [2.24, 2.45) is 0 Å². The molecule has 0 saturated carbocycles. The SMILES string of the molecule is CC(=O)NCCN1C(=O)c2ccccc2C(C(=O)O)C1=O. The number of imide groups is 1. The molecule has 2 rings (SSSR count). The first kappa shape index (κ1) is 14.7. The molecule has 7 heteroatoms. The van der Waals surface area contributed by atoms with Gasteiger partial charge < -0.3 is 10.4 Å². The predicted molar refractivity (Wildman–Crippen MR) is 71.5 cm³/mol. The minimum atomic E-state index is -1.39. The second-order valence-corrected chi connectivity index (χ2v) is 4.64. The summed E-state index contributed by atoms with van der Waals surface area (Å²) in [6, 6.07) is 6.15. The molecule has 1 aliphatic heterocycles. The monoisotopic (exact) mass is 290 g/mol. The minimum Gasteiger partial charge on any atom is -0.480 e. The standard InChI is InChI=1S/C14H14N2O5/c1-8(17)15-6-7-16-12(18)10-5-3-2-4-9(10)11(13(16)19)14(20)21/h2-5,11H,6-7H2,1H3,(H,15,17)(H,20,21). The molecule has 1 unspecified atom stereocenters. The molecule has 1 atom stereocenters. The molecule has 0 spiro atoms. The van der Waals surface area contributed by atoms with Crippen molar-refractivity contribution in [1.82, 2.24) is 10.2 Å². The van der Waals surface area contributed by atoms with Crippen LogP contribution in [0, 0.1) is 0 Å². The lowest BCUT2D eigenvalue weighted by Gasteiger charge is -2.30. The summed E-state index contributed by atoms with van der Waals surface area (Å²) in [5, 5.41) is 11.7. The quantitative estimate of drug-likeness (QED) is 0.599. The fourth-order valence-electron chi connectivity index (χ4n) is 2.27. The molecule has 21 heavy (non-hydrogen) atoms. The Kier molecular flexibility index (Phi) is 4.02. The average Bonchev–Trinajstić information content (AvgIpc) is 2.42. The first-order chi connectivity index (χ1) is 9.93. The van der Waals surface area contributed by atoms with Crippen LogP contribution in [-0.2, 0) is 14.4 Å². The number of benzene rings is 1. The van der Waals surface area contributed by atoms with Gasteiger partial charge in [0.2, 0.25) is 11.8 Å². The third kappa shape index (κ3) is 2.76. The Morgan fingerprint density at radius 1 is 1.29 bits per heavy atom. The molecule has 3 amide bonds. The molecule has 0 radical (unpaired) electrons. The van der Waals surface area contributed by atoms with E-state index in [4.69, 9.17) is 0 Å². The van der Waals surface area contributed by atoms with Crippen LogP contribution in [0.15, 0.2) is 24.3 Å². The molecule has 0 bridgehead atoms. The van der Waals surface area contributed by atoms with Gasteiger partial charge in [0.15, 0.2) is 5.92 Å². The summed E-state index contributed by atoms with van der Waals surface area (Å²) in [6.07, 6.45) is 0. The van der Waals surface area contributed by atoms with Crippen molar-refractivity contribution in [3.8, 4) is 0 Å². The number of carbonyl (C=O) groups is 4. The van der Waals surface area contributed by atoms with Crippen molar-refractivity contribution in [1.29, 1.82) is 0 Å². The second kappa shape index (κ2) is 5.74. The Morgan fingerprint density at radius 3 is 2.57 bits per heavy atom. The number of fused-ring (bicyclic) bond motifs is 1. The highest BCUT2D eigenvalue weighted by Crippen LogP contribution is 2.29. The summed E-state index contributed by atoms with van der Waals surface area (Å²) in [5.74, 6) is -4.31. The van der Waals surface area contributed by atoms with E-state index in [1.807, 2.05) is 0 Å². The van der Waals surface area contributed by atoms with Gasteiger partial charge in [-0.05, 0) is 11.6 Å². The largest absolute Gasteiger partial charge is 0.480 e. The van der Waals surface area contributed by atoms with Gasteiger partial charge in [0.1, 0.15) is 0 Å². The number of carboxylic acids is 1. The molecule has 1 aromatic carbocycles. The van der Waals surface area contributed by atoms with Gasteiger partial charge in [0.05, 0.1) is 0 Å². The highest BCUT2D eigenvalue weighted by atomic mass is 16.4. The fourth-order valence-corrected chi connectivity index (χ4v) is 2.27. The van der Waals surface area contributed by atoms with E-state index in [0.717, 1.165) is 4.90 Å². The summed E-state index contributed by atoms with van der Waals surface area (Å²) >= 11 is 0. The number of hydrogen-bond acceptors (Lipinski definition) is 4. The highest BCUT2D eigenvalue weighted by molar-refractivity contribution is 6.17. The number of amides is 3. The van der Waals surface area contributed by atoms with Gasteiger partial charge in [0.25, 0.3) is 5.91 Å². The maximum absolute atomic E-state index is 12.3. The van der Waals surface area contributed by atoms with E-state index in [0.29, 0.717) is 0 Å². The van der Waals surface area contributed by atoms with Crippen LogP contribution in [0.1, 0.15) is 28.8 Å². The van der Waals surface area contributed by atoms with E-state index in [1.165, 1.54) is 19.1 Å². The van der Waals surface area contributed by atoms with Gasteiger partial charge in [-0.1, -0.05) is 18.2 Å². The average molecular weight is 290 g/mol. The molecular weight excluding hydrogens is 276 g/mol. The lowest BCUT2D eigenvalue weighted by atomic mass is 9.88. The van der Waals surface area contributed by atoms with Crippen LogP contribution in [0.2, 0.25) is 0 Å². The third-order valence-electron chi connectivity index (χ3n) is 3.22. The Labute approximate surface area is 120 Å². The van der Waals surface area contributed by atoms with E-state index in [2.05, 4.69) is 5.32 Å². The van der Waals surface area contributed by atoms with Gasteiger partial charge in [0, 0.05) is 25.6 Å². The Balaban J connectivity index is 2.33. The minimum absolute atomic E-state index is 0.0602. The van der Waals surface area contributed by atoms with Crippen LogP contribution < -0.4 is 5.32 Å². The number of nitrogens with zero attached hydrogens (tertiary/aromatic N) is 1. The van der Waals surface area contributed by atoms with Crippen LogP contribution in [0.25, 0.3) is 0 Å². The van der Waals surface area contributed by atoms with Crippen molar-refractivity contribution in [2.75, 3.05) is 13.1 Å². The van der Waals surface area contributed by atoms with Crippen LogP contribution in [-0.4, -0.2) is 46.8 Å². The summed E-state index contributed by atoms with van der Waals surface area (Å²) < 4.78 is 0. The smallest absolute Gasteiger partial charge is 0.320 e. The van der Waals surface area contributed by atoms with E-state index in [1.54, 1.807) is 12.1 Å². The molecule has 7 nitrogen and oxygen atoms in total. The lowest BCUT2D eigenvalue weighted by molar-refractivity contribution is -0.146. The molecule has 0 aromatic heterocycles. The summed E-state index contributed by atoms with van der Waals surface area (Å²) in [6.45, 7) is 1.34. The Morgan fingerprint density at radius 2 is 1.95 bits per heavy atom. The Bertz CT molecular complexity index is 626. The molecule has 1 aromatic rings. The number of hydrogen-bond donors (Lipinski definition) is 2. The molecule has 0 saturated heterocycles. The van der Waals surface area contributed by atoms with Gasteiger partial charge in [-0.15, -0.1) is 0 Å². The Hall–Kier alpha value is -2.70. The summed E-state index contributed by atoms with van der Waals surface area (Å²) in [5.41, 5.74) is 0.406. The van der Waals surface area contributed by atoms with Crippen LogP contribution >= 0.6 is 0 Å². The van der Waals surface area contributed by atoms with Crippen LogP contribution in [0.3, 0.4) is 0 Å². The highest BCUT2D eigenvalue weighted by Gasteiger charge is 2.42. The van der Waals surface area contributed by atoms with Crippen molar-refractivity contribution >= 4 is 23.7 Å². The van der Waals surface area contributed by atoms with Crippen molar-refractivity contribution in [3.05, 3.63) is 35.4 Å². The van der Waals surface area contributed by atoms with Crippen molar-refractivity contribution in [3.63, 3.8) is 0 Å². The first-order valence-corrected chi connectivity index (χ1v) is 6.35. The third-order valence-corrected chi connectivity index (χ3v) is 3.22. The molecule has 1 heterocycles. The fraction of sp³-hybridized carbons (Fsp3) is 0.286. The van der Waals surface area contributed by atoms with Gasteiger partial charge in [-0.2, -0.15) is 0 Å². The molecule has 0 fully saturated rings. The molecule has 2 N–H and O–H groups in total.